The predicted molar refractivity (Wildman–Crippen MR) is 61.6 cm³/mol. The first-order valence-electron chi connectivity index (χ1n) is 5.29. The molecule has 1 aromatic carbocycles. The van der Waals surface area contributed by atoms with Crippen LogP contribution in [0.15, 0.2) is 33.5 Å². The molecule has 0 radical (unpaired) electrons. The number of nitriles is 1. The van der Waals surface area contributed by atoms with Gasteiger partial charge in [0, 0.05) is 0 Å². The lowest BCUT2D eigenvalue weighted by Crippen LogP contribution is -2.24. The molecular weight excluding hydrogens is 236 g/mol. The number of hydrogen-bond acceptors (Lipinski definition) is 5. The molecule has 2 aromatic rings. The van der Waals surface area contributed by atoms with E-state index in [0.29, 0.717) is 11.1 Å². The normalized spacial score (nSPS) is 12.0. The number of benzene rings is 1. The molecule has 0 aliphatic heterocycles. The van der Waals surface area contributed by atoms with Crippen molar-refractivity contribution in [2.24, 2.45) is 0 Å². The van der Waals surface area contributed by atoms with Gasteiger partial charge in [-0.25, -0.2) is 4.79 Å². The average molecular weight is 246 g/mol. The van der Waals surface area contributed by atoms with E-state index in [0.717, 1.165) is 0 Å². The maximum absolute atomic E-state index is 11.6. The molecule has 6 heteroatoms. The van der Waals surface area contributed by atoms with Crippen LogP contribution in [-0.4, -0.2) is 16.6 Å². The first-order chi connectivity index (χ1) is 8.61. The van der Waals surface area contributed by atoms with E-state index in [4.69, 9.17) is 14.4 Å². The number of esters is 1. The maximum atomic E-state index is 11.6. The number of rotatable bonds is 3. The first-order valence-corrected chi connectivity index (χ1v) is 5.29. The average Bonchev–Trinajstić information content (AvgIpc) is 2.66. The third kappa shape index (κ3) is 2.25. The Bertz CT molecular complexity index is 677. The number of nitrogens with zero attached hydrogens (tertiary/aromatic N) is 2. The van der Waals surface area contributed by atoms with Gasteiger partial charge in [-0.05, 0) is 19.1 Å². The van der Waals surface area contributed by atoms with Crippen LogP contribution in [0.4, 0.5) is 0 Å². The van der Waals surface area contributed by atoms with Crippen LogP contribution in [0.5, 0.6) is 0 Å². The van der Waals surface area contributed by atoms with Gasteiger partial charge in [-0.3, -0.25) is 9.36 Å². The number of para-hydroxylation sites is 2. The zero-order chi connectivity index (χ0) is 13.1. The van der Waals surface area contributed by atoms with Crippen LogP contribution >= 0.6 is 0 Å². The summed E-state index contributed by atoms with van der Waals surface area (Å²) in [5, 5.41) is 8.52. The Kier molecular flexibility index (Phi) is 3.15. The summed E-state index contributed by atoms with van der Waals surface area (Å²) in [6, 6.07) is 8.54. The molecule has 1 aromatic heterocycles. The summed E-state index contributed by atoms with van der Waals surface area (Å²) >= 11 is 0. The molecule has 0 bridgehead atoms. The van der Waals surface area contributed by atoms with Gasteiger partial charge in [0.05, 0.1) is 5.52 Å². The summed E-state index contributed by atoms with van der Waals surface area (Å²) in [4.78, 5) is 23.1. The van der Waals surface area contributed by atoms with Gasteiger partial charge in [-0.15, -0.1) is 0 Å². The van der Waals surface area contributed by atoms with Crippen LogP contribution in [-0.2, 0) is 16.1 Å². The van der Waals surface area contributed by atoms with Gasteiger partial charge in [0.2, 0.25) is 0 Å². The summed E-state index contributed by atoms with van der Waals surface area (Å²) in [6.07, 6.45) is -0.841. The Morgan fingerprint density at radius 2 is 2.28 bits per heavy atom. The van der Waals surface area contributed by atoms with Crippen molar-refractivity contribution >= 4 is 17.1 Å². The van der Waals surface area contributed by atoms with Crippen molar-refractivity contribution in [1.29, 1.82) is 5.26 Å². The van der Waals surface area contributed by atoms with Crippen LogP contribution in [0, 0.1) is 11.3 Å². The lowest BCUT2D eigenvalue weighted by atomic mass is 10.3. The molecule has 1 heterocycles. The van der Waals surface area contributed by atoms with Gasteiger partial charge in [-0.1, -0.05) is 12.1 Å². The summed E-state index contributed by atoms with van der Waals surface area (Å²) < 4.78 is 10.9. The highest BCUT2D eigenvalue weighted by atomic mass is 16.5. The second-order valence-electron chi connectivity index (χ2n) is 3.68. The van der Waals surface area contributed by atoms with E-state index in [9.17, 15) is 9.59 Å². The second-order valence-corrected chi connectivity index (χ2v) is 3.68. The zero-order valence-electron chi connectivity index (χ0n) is 9.62. The second kappa shape index (κ2) is 4.75. The molecule has 1 atom stereocenters. The third-order valence-electron chi connectivity index (χ3n) is 2.35. The maximum Gasteiger partial charge on any atom is 0.420 e. The van der Waals surface area contributed by atoms with Crippen molar-refractivity contribution in [1.82, 2.24) is 4.57 Å². The zero-order valence-corrected chi connectivity index (χ0v) is 9.62. The van der Waals surface area contributed by atoms with Gasteiger partial charge in [-0.2, -0.15) is 5.26 Å². The molecule has 0 amide bonds. The van der Waals surface area contributed by atoms with Crippen molar-refractivity contribution in [2.45, 2.75) is 19.6 Å². The number of fused-ring (bicyclic) bond motifs is 1. The van der Waals surface area contributed by atoms with E-state index < -0.39 is 17.8 Å². The largest absolute Gasteiger partial charge is 0.446 e. The lowest BCUT2D eigenvalue weighted by molar-refractivity contribution is -0.146. The Labute approximate surface area is 102 Å². The van der Waals surface area contributed by atoms with Gasteiger partial charge in [0.25, 0.3) is 0 Å². The summed E-state index contributed by atoms with van der Waals surface area (Å²) in [7, 11) is 0. The van der Waals surface area contributed by atoms with Crippen LogP contribution < -0.4 is 5.76 Å². The molecule has 0 unspecified atom stereocenters. The summed E-state index contributed by atoms with van der Waals surface area (Å²) in [5.41, 5.74) is 0.924. The molecule has 92 valence electrons. The molecular formula is C12H10N2O4. The van der Waals surface area contributed by atoms with E-state index >= 15 is 0 Å². The molecule has 0 saturated heterocycles. The molecule has 18 heavy (non-hydrogen) atoms. The number of aromatic nitrogens is 1. The Morgan fingerprint density at radius 1 is 1.56 bits per heavy atom. The lowest BCUT2D eigenvalue weighted by Gasteiger charge is -2.05. The Morgan fingerprint density at radius 3 is 3.00 bits per heavy atom. The molecule has 6 nitrogen and oxygen atoms in total. The summed E-state index contributed by atoms with van der Waals surface area (Å²) in [5.74, 6) is -1.28. The van der Waals surface area contributed by atoms with E-state index in [1.165, 1.54) is 11.5 Å². The van der Waals surface area contributed by atoms with Crippen molar-refractivity contribution < 1.29 is 13.9 Å². The minimum atomic E-state index is -0.841. The van der Waals surface area contributed by atoms with Gasteiger partial charge in [0.15, 0.2) is 11.7 Å². The van der Waals surface area contributed by atoms with Crippen LogP contribution in [0.1, 0.15) is 6.92 Å². The molecule has 0 aliphatic carbocycles. The van der Waals surface area contributed by atoms with E-state index in [-0.39, 0.29) is 6.54 Å². The molecule has 0 saturated carbocycles. The van der Waals surface area contributed by atoms with Crippen molar-refractivity contribution in [3.63, 3.8) is 0 Å². The SMILES string of the molecule is C[C@@H](C#N)OC(=O)Cn1c(=O)oc2ccccc21. The standard InChI is InChI=1S/C12H10N2O4/c1-8(6-13)17-11(15)7-14-9-4-2-3-5-10(9)18-12(14)16/h2-5,8H,7H2,1H3/t8-/m0/s1. The van der Waals surface area contributed by atoms with Crippen LogP contribution in [0.3, 0.4) is 0 Å². The quantitative estimate of drug-likeness (QED) is 0.755. The van der Waals surface area contributed by atoms with Crippen LogP contribution in [0.25, 0.3) is 11.1 Å². The number of carbonyl (C=O) groups is 1. The highest BCUT2D eigenvalue weighted by Gasteiger charge is 2.14. The number of oxazole rings is 1. The Balaban J connectivity index is 2.27. The van der Waals surface area contributed by atoms with Crippen molar-refractivity contribution in [3.8, 4) is 6.07 Å². The smallest absolute Gasteiger partial charge is 0.420 e. The molecule has 0 spiro atoms. The van der Waals surface area contributed by atoms with E-state index in [1.807, 2.05) is 0 Å². The van der Waals surface area contributed by atoms with Crippen molar-refractivity contribution in [2.75, 3.05) is 0 Å². The predicted octanol–water partition coefficient (Wildman–Crippen LogP) is 1.05. The highest BCUT2D eigenvalue weighted by Crippen LogP contribution is 2.11. The fourth-order valence-electron chi connectivity index (χ4n) is 1.55. The summed E-state index contributed by atoms with van der Waals surface area (Å²) in [6.45, 7) is 1.18. The molecule has 0 aliphatic rings. The highest BCUT2D eigenvalue weighted by molar-refractivity contribution is 5.76. The van der Waals surface area contributed by atoms with Crippen LogP contribution in [0.2, 0.25) is 0 Å². The molecule has 2 rings (SSSR count). The van der Waals surface area contributed by atoms with Gasteiger partial charge < -0.3 is 9.15 Å². The van der Waals surface area contributed by atoms with Gasteiger partial charge in [0.1, 0.15) is 12.6 Å². The monoisotopic (exact) mass is 246 g/mol. The van der Waals surface area contributed by atoms with E-state index in [1.54, 1.807) is 30.3 Å². The molecule has 0 fully saturated rings. The number of hydrogen-bond donors (Lipinski definition) is 0. The van der Waals surface area contributed by atoms with Crippen molar-refractivity contribution in [3.05, 3.63) is 34.8 Å². The minimum absolute atomic E-state index is 0.276. The van der Waals surface area contributed by atoms with E-state index in [2.05, 4.69) is 0 Å². The van der Waals surface area contributed by atoms with Gasteiger partial charge >= 0.3 is 11.7 Å². The first kappa shape index (κ1) is 11.9. The third-order valence-corrected chi connectivity index (χ3v) is 2.35. The number of ether oxygens (including phenoxy) is 1. The topological polar surface area (TPSA) is 85.2 Å². The molecule has 0 N–H and O–H groups in total. The fourth-order valence-corrected chi connectivity index (χ4v) is 1.55. The Hall–Kier alpha value is -2.55. The number of carbonyl (C=O) groups excluding carboxylic acids is 1. The minimum Gasteiger partial charge on any atom is -0.446 e. The fraction of sp³-hybridized carbons (Fsp3) is 0.250.